The molecule has 1 aromatic heterocycles. The molecule has 0 N–H and O–H groups in total. The minimum Gasteiger partial charge on any atom is -0.423 e. The van der Waals surface area contributed by atoms with E-state index < -0.39 is 0 Å². The summed E-state index contributed by atoms with van der Waals surface area (Å²) in [6.07, 6.45) is 1.59. The molecule has 0 aliphatic carbocycles. The molecule has 0 saturated carbocycles. The van der Waals surface area contributed by atoms with Gasteiger partial charge in [-0.25, -0.2) is 4.79 Å². The highest BCUT2D eigenvalue weighted by atomic mass is 35.5. The van der Waals surface area contributed by atoms with E-state index in [1.54, 1.807) is 6.07 Å². The van der Waals surface area contributed by atoms with Crippen LogP contribution in [0.1, 0.15) is 18.4 Å². The van der Waals surface area contributed by atoms with Gasteiger partial charge in [0.1, 0.15) is 5.58 Å². The lowest BCUT2D eigenvalue weighted by Crippen LogP contribution is -1.98. The van der Waals surface area contributed by atoms with Crippen molar-refractivity contribution in [3.63, 3.8) is 0 Å². The average molecular weight is 247 g/mol. The Bertz CT molecular complexity index is 632. The number of benzene rings is 1. The van der Waals surface area contributed by atoms with Crippen LogP contribution in [0.15, 0.2) is 39.5 Å². The first-order chi connectivity index (χ1) is 8.31. The van der Waals surface area contributed by atoms with Crippen molar-refractivity contribution in [2.45, 2.75) is 12.8 Å². The van der Waals surface area contributed by atoms with E-state index in [0.717, 1.165) is 18.2 Å². The summed E-state index contributed by atoms with van der Waals surface area (Å²) < 4.78 is 5.09. The van der Waals surface area contributed by atoms with Gasteiger partial charge >= 0.3 is 5.63 Å². The van der Waals surface area contributed by atoms with Crippen LogP contribution in [0.3, 0.4) is 0 Å². The molecule has 0 aliphatic heterocycles. The molecule has 2 nitrogen and oxygen atoms in total. The van der Waals surface area contributed by atoms with Crippen LogP contribution in [0.4, 0.5) is 0 Å². The highest BCUT2D eigenvalue weighted by molar-refractivity contribution is 6.17. The third kappa shape index (κ3) is 2.89. The molecule has 0 unspecified atom stereocenters. The number of alkyl halides is 1. The Hall–Kier alpha value is -1.72. The first-order valence-corrected chi connectivity index (χ1v) is 5.92. The highest BCUT2D eigenvalue weighted by Crippen LogP contribution is 2.15. The Kier molecular flexibility index (Phi) is 3.85. The van der Waals surface area contributed by atoms with E-state index in [4.69, 9.17) is 16.0 Å². The van der Waals surface area contributed by atoms with Crippen molar-refractivity contribution in [2.24, 2.45) is 0 Å². The van der Waals surface area contributed by atoms with Gasteiger partial charge in [-0.15, -0.1) is 11.6 Å². The van der Waals surface area contributed by atoms with Gasteiger partial charge in [-0.1, -0.05) is 24.0 Å². The molecular weight excluding hydrogens is 236 g/mol. The molecule has 0 aliphatic rings. The number of unbranched alkanes of at least 4 members (excludes halogenated alkanes) is 1. The second kappa shape index (κ2) is 5.56. The third-order valence-corrected chi connectivity index (χ3v) is 2.58. The van der Waals surface area contributed by atoms with Crippen molar-refractivity contribution < 1.29 is 4.42 Å². The van der Waals surface area contributed by atoms with E-state index in [1.165, 1.54) is 6.07 Å². The minimum atomic E-state index is -0.370. The lowest BCUT2D eigenvalue weighted by atomic mass is 10.1. The van der Waals surface area contributed by atoms with E-state index in [-0.39, 0.29) is 5.63 Å². The lowest BCUT2D eigenvalue weighted by molar-refractivity contribution is 0.560. The highest BCUT2D eigenvalue weighted by Gasteiger charge is 2.01. The van der Waals surface area contributed by atoms with E-state index in [9.17, 15) is 4.79 Å². The second-order valence-electron chi connectivity index (χ2n) is 3.57. The molecule has 0 fully saturated rings. The van der Waals surface area contributed by atoms with Gasteiger partial charge in [0, 0.05) is 29.3 Å². The van der Waals surface area contributed by atoms with E-state index >= 15 is 0 Å². The van der Waals surface area contributed by atoms with Crippen LogP contribution in [0.25, 0.3) is 11.0 Å². The zero-order valence-electron chi connectivity index (χ0n) is 9.20. The van der Waals surface area contributed by atoms with Crippen LogP contribution in [0, 0.1) is 11.8 Å². The number of fused-ring (bicyclic) bond motifs is 1. The van der Waals surface area contributed by atoms with Crippen molar-refractivity contribution in [1.29, 1.82) is 0 Å². The summed E-state index contributed by atoms with van der Waals surface area (Å²) in [5, 5.41) is 0.866. The van der Waals surface area contributed by atoms with E-state index in [2.05, 4.69) is 11.8 Å². The molecule has 1 aromatic carbocycles. The molecule has 0 saturated heterocycles. The van der Waals surface area contributed by atoms with Crippen molar-refractivity contribution in [3.8, 4) is 11.8 Å². The Morgan fingerprint density at radius 1 is 1.29 bits per heavy atom. The van der Waals surface area contributed by atoms with Crippen molar-refractivity contribution in [1.82, 2.24) is 0 Å². The van der Waals surface area contributed by atoms with Crippen LogP contribution in [-0.4, -0.2) is 5.88 Å². The maximum absolute atomic E-state index is 11.3. The van der Waals surface area contributed by atoms with Gasteiger partial charge in [-0.2, -0.15) is 0 Å². The zero-order chi connectivity index (χ0) is 12.1. The number of hydrogen-bond acceptors (Lipinski definition) is 2. The van der Waals surface area contributed by atoms with Gasteiger partial charge in [-0.3, -0.25) is 0 Å². The Morgan fingerprint density at radius 2 is 2.12 bits per heavy atom. The summed E-state index contributed by atoms with van der Waals surface area (Å²) in [7, 11) is 0. The minimum absolute atomic E-state index is 0.370. The van der Waals surface area contributed by atoms with Gasteiger partial charge in [-0.05, 0) is 18.6 Å². The number of para-hydroxylation sites is 1. The molecule has 0 atom stereocenters. The van der Waals surface area contributed by atoms with Gasteiger partial charge < -0.3 is 4.42 Å². The number of halogens is 1. The molecule has 0 amide bonds. The fourth-order valence-electron chi connectivity index (χ4n) is 1.53. The smallest absolute Gasteiger partial charge is 0.337 e. The Labute approximate surface area is 104 Å². The Morgan fingerprint density at radius 3 is 2.94 bits per heavy atom. The topological polar surface area (TPSA) is 30.2 Å². The predicted molar refractivity (Wildman–Crippen MR) is 69.3 cm³/mol. The molecule has 0 bridgehead atoms. The van der Waals surface area contributed by atoms with Crippen molar-refractivity contribution in [2.75, 3.05) is 5.88 Å². The fraction of sp³-hybridized carbons (Fsp3) is 0.214. The Balaban J connectivity index is 2.44. The standard InChI is InChI=1S/C14H11ClO2/c15-9-5-1-2-6-11-10-14(16)17-13-8-4-3-7-12(11)13/h3-4,7-8,10H,1,5,9H2. The van der Waals surface area contributed by atoms with E-state index in [1.807, 2.05) is 18.2 Å². The molecular formula is C14H11ClO2. The van der Waals surface area contributed by atoms with Crippen LogP contribution in [0.2, 0.25) is 0 Å². The summed E-state index contributed by atoms with van der Waals surface area (Å²) >= 11 is 5.57. The second-order valence-corrected chi connectivity index (χ2v) is 3.95. The van der Waals surface area contributed by atoms with Crippen LogP contribution < -0.4 is 5.63 Å². The molecule has 2 aromatic rings. The summed E-state index contributed by atoms with van der Waals surface area (Å²) in [6, 6.07) is 8.81. The normalized spacial score (nSPS) is 9.94. The lowest BCUT2D eigenvalue weighted by Gasteiger charge is -1.97. The summed E-state index contributed by atoms with van der Waals surface area (Å²) in [5.74, 6) is 6.61. The predicted octanol–water partition coefficient (Wildman–Crippen LogP) is 3.16. The van der Waals surface area contributed by atoms with E-state index in [0.29, 0.717) is 17.0 Å². The monoisotopic (exact) mass is 246 g/mol. The SMILES string of the molecule is O=c1cc(C#CCCCCl)c2ccccc2o1. The quantitative estimate of drug-likeness (QED) is 0.353. The molecule has 0 spiro atoms. The maximum Gasteiger partial charge on any atom is 0.337 e. The van der Waals surface area contributed by atoms with Crippen LogP contribution >= 0.6 is 11.6 Å². The molecule has 2 rings (SSSR count). The zero-order valence-corrected chi connectivity index (χ0v) is 9.96. The summed E-state index contributed by atoms with van der Waals surface area (Å²) in [4.78, 5) is 11.3. The third-order valence-electron chi connectivity index (χ3n) is 2.31. The molecule has 17 heavy (non-hydrogen) atoms. The first-order valence-electron chi connectivity index (χ1n) is 5.39. The summed E-state index contributed by atoms with van der Waals surface area (Å²) in [6.45, 7) is 0. The van der Waals surface area contributed by atoms with Gasteiger partial charge in [0.05, 0.1) is 0 Å². The molecule has 3 heteroatoms. The molecule has 1 heterocycles. The first kappa shape index (κ1) is 11.8. The molecule has 0 radical (unpaired) electrons. The maximum atomic E-state index is 11.3. The van der Waals surface area contributed by atoms with Gasteiger partial charge in [0.15, 0.2) is 0 Å². The fourth-order valence-corrected chi connectivity index (χ4v) is 1.66. The van der Waals surface area contributed by atoms with Gasteiger partial charge in [0.2, 0.25) is 0 Å². The van der Waals surface area contributed by atoms with Crippen LogP contribution in [-0.2, 0) is 0 Å². The number of hydrogen-bond donors (Lipinski definition) is 0. The van der Waals surface area contributed by atoms with Gasteiger partial charge in [0.25, 0.3) is 0 Å². The molecule has 86 valence electrons. The van der Waals surface area contributed by atoms with Crippen molar-refractivity contribution in [3.05, 3.63) is 46.3 Å². The summed E-state index contributed by atoms with van der Waals surface area (Å²) in [5.41, 5.74) is 0.915. The largest absolute Gasteiger partial charge is 0.423 e. The van der Waals surface area contributed by atoms with Crippen molar-refractivity contribution >= 4 is 22.6 Å². The average Bonchev–Trinajstić information content (AvgIpc) is 2.34. The van der Waals surface area contributed by atoms with Crippen LogP contribution in [0.5, 0.6) is 0 Å². The number of rotatable bonds is 2.